The van der Waals surface area contributed by atoms with Crippen molar-refractivity contribution in [3.05, 3.63) is 35.9 Å². The average molecular weight is 283 g/mol. The van der Waals surface area contributed by atoms with E-state index in [1.165, 1.54) is 0 Å². The van der Waals surface area contributed by atoms with Gasteiger partial charge < -0.3 is 10.2 Å². The quantitative estimate of drug-likeness (QED) is 0.921. The van der Waals surface area contributed by atoms with Gasteiger partial charge in [0.05, 0.1) is 0 Å². The van der Waals surface area contributed by atoms with Gasteiger partial charge in [0.25, 0.3) is 5.91 Å². The Labute approximate surface area is 121 Å². The molecule has 2 rings (SSSR count). The number of likely N-dealkylation sites (tertiary alicyclic amines) is 1. The fraction of sp³-hybridized carbons (Fsp3) is 0.533. The number of piperidine rings is 1. The number of carbonyl (C=O) groups is 1. The third-order valence-electron chi connectivity index (χ3n) is 3.61. The Morgan fingerprint density at radius 1 is 1.26 bits per heavy atom. The number of benzene rings is 1. The van der Waals surface area contributed by atoms with Gasteiger partial charge >= 0.3 is 0 Å². The van der Waals surface area contributed by atoms with Crippen LogP contribution in [0.2, 0.25) is 0 Å². The van der Waals surface area contributed by atoms with Gasteiger partial charge in [-0.25, -0.2) is 0 Å². The van der Waals surface area contributed by atoms with Gasteiger partial charge in [0.1, 0.15) is 0 Å². The lowest BCUT2D eigenvalue weighted by Gasteiger charge is -2.32. The predicted molar refractivity (Wildman–Crippen MR) is 80.9 cm³/mol. The fourth-order valence-corrected chi connectivity index (χ4v) is 2.45. The molecule has 0 atom stereocenters. The van der Waals surface area contributed by atoms with Gasteiger partial charge in [-0.2, -0.15) is 0 Å². The second kappa shape index (κ2) is 8.18. The summed E-state index contributed by atoms with van der Waals surface area (Å²) in [4.78, 5) is 14.2. The van der Waals surface area contributed by atoms with Crippen LogP contribution in [0.1, 0.15) is 30.1 Å². The van der Waals surface area contributed by atoms with Gasteiger partial charge in [0.2, 0.25) is 0 Å². The first-order valence-electron chi connectivity index (χ1n) is 6.86. The lowest BCUT2D eigenvalue weighted by molar-refractivity contribution is 0.0690. The third kappa shape index (κ3) is 4.51. The molecular weight excluding hydrogens is 260 g/mol. The van der Waals surface area contributed by atoms with Crippen LogP contribution in [0.25, 0.3) is 0 Å². The summed E-state index contributed by atoms with van der Waals surface area (Å²) in [7, 11) is 0. The van der Waals surface area contributed by atoms with E-state index >= 15 is 0 Å². The van der Waals surface area contributed by atoms with E-state index in [1.54, 1.807) is 0 Å². The largest absolute Gasteiger partial charge is 0.339 e. The number of carbonyl (C=O) groups excluding carboxylic acids is 1. The van der Waals surface area contributed by atoms with Crippen LogP contribution < -0.4 is 5.32 Å². The number of hydrogen-bond acceptors (Lipinski definition) is 2. The molecule has 1 N–H and O–H groups in total. The van der Waals surface area contributed by atoms with Crippen molar-refractivity contribution in [2.75, 3.05) is 26.2 Å². The van der Waals surface area contributed by atoms with Crippen LogP contribution in [-0.4, -0.2) is 37.0 Å². The van der Waals surface area contributed by atoms with Crippen molar-refractivity contribution in [3.8, 4) is 0 Å². The van der Waals surface area contributed by atoms with Crippen LogP contribution >= 0.6 is 12.4 Å². The summed E-state index contributed by atoms with van der Waals surface area (Å²) in [5.74, 6) is 0.905. The smallest absolute Gasteiger partial charge is 0.253 e. The molecule has 1 aromatic carbocycles. The minimum absolute atomic E-state index is 0. The number of halogens is 1. The van der Waals surface area contributed by atoms with Crippen molar-refractivity contribution in [1.82, 2.24) is 10.2 Å². The molecule has 1 aromatic rings. The number of nitrogens with zero attached hydrogens (tertiary/aromatic N) is 1. The zero-order chi connectivity index (χ0) is 12.8. The summed E-state index contributed by atoms with van der Waals surface area (Å²) in [6.07, 6.45) is 2.23. The topological polar surface area (TPSA) is 32.3 Å². The lowest BCUT2D eigenvalue weighted by Crippen LogP contribution is -2.40. The highest BCUT2D eigenvalue weighted by molar-refractivity contribution is 5.94. The van der Waals surface area contributed by atoms with Gasteiger partial charge in [-0.15, -0.1) is 12.4 Å². The molecule has 1 saturated heterocycles. The van der Waals surface area contributed by atoms with Gasteiger partial charge in [-0.05, 0) is 44.0 Å². The van der Waals surface area contributed by atoms with E-state index in [9.17, 15) is 4.79 Å². The first-order chi connectivity index (χ1) is 8.81. The Balaban J connectivity index is 0.00000180. The Morgan fingerprint density at radius 2 is 1.89 bits per heavy atom. The molecule has 1 aliphatic rings. The van der Waals surface area contributed by atoms with Crippen LogP contribution in [0, 0.1) is 5.92 Å². The number of amides is 1. The minimum atomic E-state index is 0. The Hall–Kier alpha value is -1.06. The Bertz CT molecular complexity index is 375. The van der Waals surface area contributed by atoms with E-state index in [2.05, 4.69) is 12.2 Å². The summed E-state index contributed by atoms with van der Waals surface area (Å²) in [5, 5.41) is 3.39. The molecule has 1 amide bonds. The average Bonchev–Trinajstić information content (AvgIpc) is 2.46. The van der Waals surface area contributed by atoms with E-state index < -0.39 is 0 Å². The maximum atomic E-state index is 12.2. The predicted octanol–water partition coefficient (Wildman–Crippen LogP) is 2.57. The minimum Gasteiger partial charge on any atom is -0.339 e. The second-order valence-electron chi connectivity index (χ2n) is 4.91. The van der Waals surface area contributed by atoms with E-state index in [0.717, 1.165) is 50.5 Å². The van der Waals surface area contributed by atoms with Crippen molar-refractivity contribution in [1.29, 1.82) is 0 Å². The van der Waals surface area contributed by atoms with Crippen molar-refractivity contribution in [2.24, 2.45) is 5.92 Å². The lowest BCUT2D eigenvalue weighted by atomic mass is 9.96. The molecule has 19 heavy (non-hydrogen) atoms. The zero-order valence-electron chi connectivity index (χ0n) is 11.5. The summed E-state index contributed by atoms with van der Waals surface area (Å²) < 4.78 is 0. The molecule has 4 heteroatoms. The third-order valence-corrected chi connectivity index (χ3v) is 3.61. The summed E-state index contributed by atoms with van der Waals surface area (Å²) in [5.41, 5.74) is 0.808. The molecule has 0 saturated carbocycles. The fourth-order valence-electron chi connectivity index (χ4n) is 2.45. The standard InChI is InChI=1S/C15H22N2O.ClH/c1-2-16-12-13-8-10-17(11-9-13)15(18)14-6-4-3-5-7-14;/h3-7,13,16H,2,8-12H2,1H3;1H. The van der Waals surface area contributed by atoms with Crippen LogP contribution in [-0.2, 0) is 0 Å². The van der Waals surface area contributed by atoms with Crippen LogP contribution in [0.15, 0.2) is 30.3 Å². The van der Waals surface area contributed by atoms with E-state index in [4.69, 9.17) is 0 Å². The maximum Gasteiger partial charge on any atom is 0.253 e. The molecule has 0 aliphatic carbocycles. The Morgan fingerprint density at radius 3 is 2.47 bits per heavy atom. The molecule has 0 bridgehead atoms. The molecule has 0 radical (unpaired) electrons. The number of hydrogen-bond donors (Lipinski definition) is 1. The van der Waals surface area contributed by atoms with Crippen LogP contribution in [0.5, 0.6) is 0 Å². The van der Waals surface area contributed by atoms with Crippen molar-refractivity contribution >= 4 is 18.3 Å². The van der Waals surface area contributed by atoms with Crippen molar-refractivity contribution in [3.63, 3.8) is 0 Å². The number of nitrogens with one attached hydrogen (secondary N) is 1. The van der Waals surface area contributed by atoms with Gasteiger partial charge in [0.15, 0.2) is 0 Å². The van der Waals surface area contributed by atoms with Gasteiger partial charge in [0, 0.05) is 18.7 Å². The van der Waals surface area contributed by atoms with Crippen LogP contribution in [0.4, 0.5) is 0 Å². The van der Waals surface area contributed by atoms with Crippen molar-refractivity contribution < 1.29 is 4.79 Å². The molecule has 1 aliphatic heterocycles. The van der Waals surface area contributed by atoms with Gasteiger partial charge in [-0.3, -0.25) is 4.79 Å². The van der Waals surface area contributed by atoms with E-state index in [0.29, 0.717) is 0 Å². The summed E-state index contributed by atoms with van der Waals surface area (Å²) in [6.45, 7) is 6.04. The monoisotopic (exact) mass is 282 g/mol. The molecule has 3 nitrogen and oxygen atoms in total. The zero-order valence-corrected chi connectivity index (χ0v) is 12.3. The summed E-state index contributed by atoms with van der Waals surface area (Å²) >= 11 is 0. The first kappa shape index (κ1) is 16.0. The van der Waals surface area contributed by atoms with E-state index in [1.807, 2.05) is 35.2 Å². The molecule has 1 heterocycles. The molecule has 0 unspecified atom stereocenters. The van der Waals surface area contributed by atoms with Gasteiger partial charge in [-0.1, -0.05) is 25.1 Å². The molecule has 0 spiro atoms. The highest BCUT2D eigenvalue weighted by atomic mass is 35.5. The molecule has 1 fully saturated rings. The Kier molecular flexibility index (Phi) is 6.89. The SMILES string of the molecule is CCNCC1CCN(C(=O)c2ccccc2)CC1.Cl. The molecule has 106 valence electrons. The maximum absolute atomic E-state index is 12.2. The molecule has 0 aromatic heterocycles. The highest BCUT2D eigenvalue weighted by Crippen LogP contribution is 2.18. The summed E-state index contributed by atoms with van der Waals surface area (Å²) in [6, 6.07) is 9.58. The normalized spacial score (nSPS) is 15.9. The second-order valence-corrected chi connectivity index (χ2v) is 4.91. The van der Waals surface area contributed by atoms with Crippen LogP contribution in [0.3, 0.4) is 0 Å². The highest BCUT2D eigenvalue weighted by Gasteiger charge is 2.22. The van der Waals surface area contributed by atoms with Crippen molar-refractivity contribution in [2.45, 2.75) is 19.8 Å². The number of rotatable bonds is 4. The molecular formula is C15H23ClN2O. The first-order valence-corrected chi connectivity index (χ1v) is 6.86. The van der Waals surface area contributed by atoms with E-state index in [-0.39, 0.29) is 18.3 Å².